The smallest absolute Gasteiger partial charge is 0.418 e. The molecule has 0 fully saturated rings. The highest BCUT2D eigenvalue weighted by atomic mass is 19.4. The highest BCUT2D eigenvalue weighted by molar-refractivity contribution is 6.18. The van der Waals surface area contributed by atoms with Gasteiger partial charge in [0.2, 0.25) is 12.8 Å². The number of phenols is 3. The molecular formula is C107H80F3N23O17. The van der Waals surface area contributed by atoms with Crippen LogP contribution in [0.15, 0.2) is 353 Å². The molecule has 0 aliphatic carbocycles. The number of hydrogen-bond donors (Lipinski definition) is 12. The number of nitrogens with two attached hydrogens (primary N) is 1. The summed E-state index contributed by atoms with van der Waals surface area (Å²) < 4.78 is 59.8. The fourth-order valence-corrected chi connectivity index (χ4v) is 15.1. The summed E-state index contributed by atoms with van der Waals surface area (Å²) in [7, 11) is 3.77. The third kappa shape index (κ3) is 23.1. The Morgan fingerprint density at radius 2 is 0.700 bits per heavy atom. The van der Waals surface area contributed by atoms with E-state index in [9.17, 15) is 81.2 Å². The van der Waals surface area contributed by atoms with Crippen molar-refractivity contribution in [1.29, 1.82) is 0 Å². The standard InChI is InChI=1S/C37H28N8O7.C35H25F3N8O6.C35H27N7O4/c1-52-37(51)31-19-40-45(28-5-3-2-4-6-28)34(31)44-43-32-29-16-7-22(35(49)41-26-12-8-24(9-13-26)38-20-46)17-23(29)18-30(33(32)48)36(50)42-27-14-10-25(11-15-27)39-21-47;1-51-27-11-6-5-10-26(27)43-32(49)22-17-20-16-19(31(48)42-25-9-4-3-8-24(25)35(36,37)38)12-13-21(20)28(29(22)47)44-45-30-23(33(50)52-2)18-41-46(30)34-39-14-7-15-40-34;1-21-12-15-25(16-13-21)38-34(45)22-14-17-27-23(18-22)19-28(35(46)39-24-8-4-2-5-9-24)31(43)30(27)40-41-33-29(32(36)44)20-37-42(33)26-10-6-3-7-11-26/h2-21,48H,1H3,(H,38,46)(H,39,47)(H,41,49)(H,42,50);3-18,47H,1-2H3,(H,42,48)(H,43,49);2-20,43H,1H3,(H2,36,44)(H,38,45)(H,39,46). The molecule has 4 aromatic heterocycles. The zero-order valence-electron chi connectivity index (χ0n) is 78.8. The lowest BCUT2D eigenvalue weighted by Gasteiger charge is -2.15. The van der Waals surface area contributed by atoms with Gasteiger partial charge in [0, 0.05) is 79.4 Å². The lowest BCUT2D eigenvalue weighted by molar-refractivity contribution is -0.137. The first kappa shape index (κ1) is 101. The van der Waals surface area contributed by atoms with Gasteiger partial charge in [0.1, 0.15) is 39.5 Å². The number of esters is 2. The molecule has 40 nitrogen and oxygen atoms in total. The number of para-hydroxylation sites is 6. The van der Waals surface area contributed by atoms with Gasteiger partial charge in [0.15, 0.2) is 34.7 Å². The third-order valence-electron chi connectivity index (χ3n) is 22.5. The molecule has 13 N–H and O–H groups in total. The van der Waals surface area contributed by atoms with Crippen molar-refractivity contribution in [2.24, 2.45) is 36.4 Å². The summed E-state index contributed by atoms with van der Waals surface area (Å²) in [5.74, 6) is -7.61. The molecule has 0 bridgehead atoms. The first-order valence-corrected chi connectivity index (χ1v) is 44.7. The van der Waals surface area contributed by atoms with Gasteiger partial charge >= 0.3 is 18.1 Å². The molecule has 0 aliphatic heterocycles. The Kier molecular flexibility index (Phi) is 30.9. The van der Waals surface area contributed by atoms with Crippen LogP contribution in [-0.2, 0) is 25.2 Å². The van der Waals surface area contributed by atoms with Gasteiger partial charge in [-0.05, 0) is 205 Å². The highest BCUT2D eigenvalue weighted by Crippen LogP contribution is 2.46. The number of rotatable bonds is 29. The minimum atomic E-state index is -4.73. The first-order chi connectivity index (χ1) is 72.6. The van der Waals surface area contributed by atoms with Gasteiger partial charge in [-0.1, -0.05) is 115 Å². The molecule has 150 heavy (non-hydrogen) atoms. The van der Waals surface area contributed by atoms with Crippen LogP contribution in [0, 0.1) is 6.92 Å². The monoisotopic (exact) mass is 2020 g/mol. The van der Waals surface area contributed by atoms with E-state index < -0.39 is 82.1 Å². The van der Waals surface area contributed by atoms with Crippen LogP contribution in [0.25, 0.3) is 49.6 Å². The van der Waals surface area contributed by atoms with Gasteiger partial charge < -0.3 is 77.8 Å². The number of primary amides is 1. The van der Waals surface area contributed by atoms with Crippen LogP contribution in [0.2, 0.25) is 0 Å². The predicted octanol–water partition coefficient (Wildman–Crippen LogP) is 20.9. The van der Waals surface area contributed by atoms with Gasteiger partial charge in [-0.2, -0.15) is 33.1 Å². The van der Waals surface area contributed by atoms with E-state index in [4.69, 9.17) is 19.9 Å². The SMILES string of the molecule is COC(=O)c1cnn(-c2ccccc2)c1N=Nc1c(O)c(C(=O)Nc2ccc(NC=O)cc2)cc2cc(C(=O)Nc3ccc(NC=O)cc3)ccc12.COC(=O)c1cnn(-c2ncccn2)c1N=Nc1c(O)c(C(=O)Nc2ccccc2OC)cc2cc(C(=O)Nc3ccccc3C(F)(F)F)ccc12.Cc1ccc(NC(=O)c2ccc3c(N=Nc4c(C(N)=O)cnn4-c4ccccc4)c(O)c(C(=O)Nc4ccccc4)cc3c2)cc1. The lowest BCUT2D eigenvalue weighted by atomic mass is 10.00. The molecule has 0 unspecified atom stereocenters. The number of benzene rings is 14. The second kappa shape index (κ2) is 45.6. The average Bonchev–Trinajstić information content (AvgIpc) is 1.05. The summed E-state index contributed by atoms with van der Waals surface area (Å²) in [5, 5.41) is 95.8. The van der Waals surface area contributed by atoms with E-state index in [0.717, 1.165) is 35.7 Å². The fourth-order valence-electron chi connectivity index (χ4n) is 15.1. The summed E-state index contributed by atoms with van der Waals surface area (Å²) in [6.07, 6.45) is 2.92. The molecule has 18 aromatic rings. The first-order valence-electron chi connectivity index (χ1n) is 44.7. The number of azo groups is 3. The van der Waals surface area contributed by atoms with E-state index in [2.05, 4.69) is 98.5 Å². The number of carbonyl (C=O) groups is 11. The fraction of sp³-hybridized carbons (Fsp3) is 0.0467. The number of alkyl halides is 3. The number of methoxy groups -OCH3 is 3. The van der Waals surface area contributed by atoms with Crippen LogP contribution in [0.4, 0.5) is 93.2 Å². The van der Waals surface area contributed by atoms with Crippen LogP contribution in [0.5, 0.6) is 23.0 Å². The summed E-state index contributed by atoms with van der Waals surface area (Å²) >= 11 is 0. The molecule has 0 radical (unpaired) electrons. The maximum atomic E-state index is 13.7. The molecule has 0 saturated heterocycles. The Bertz CT molecular complexity index is 8370. The largest absolute Gasteiger partial charge is 0.505 e. The van der Waals surface area contributed by atoms with Crippen molar-refractivity contribution < 1.29 is 95.4 Å². The van der Waals surface area contributed by atoms with Gasteiger partial charge in [-0.25, -0.2) is 28.9 Å². The third-order valence-corrected chi connectivity index (χ3v) is 22.5. The number of hydrogen-bond acceptors (Lipinski definition) is 28. The number of nitrogens with one attached hydrogen (secondary N) is 8. The van der Waals surface area contributed by atoms with Crippen LogP contribution in [0.1, 0.15) is 104 Å². The molecule has 4 heterocycles. The Hall–Kier alpha value is -21.5. The lowest BCUT2D eigenvalue weighted by Crippen LogP contribution is -2.16. The van der Waals surface area contributed by atoms with Crippen LogP contribution in [-0.4, -0.2) is 142 Å². The van der Waals surface area contributed by atoms with Crippen molar-refractivity contribution in [3.63, 3.8) is 0 Å². The van der Waals surface area contributed by atoms with Crippen LogP contribution >= 0.6 is 0 Å². The number of ether oxygens (including phenoxy) is 3. The normalized spacial score (nSPS) is 11.1. The average molecular weight is 2020 g/mol. The summed E-state index contributed by atoms with van der Waals surface area (Å²) in [6, 6.07) is 76.8. The maximum absolute atomic E-state index is 13.7. The topological polar surface area (TPSA) is 552 Å². The van der Waals surface area contributed by atoms with Crippen molar-refractivity contribution in [2.75, 3.05) is 63.9 Å². The van der Waals surface area contributed by atoms with E-state index >= 15 is 0 Å². The minimum absolute atomic E-state index is 0.00411. The molecular weight excluding hydrogens is 1940 g/mol. The minimum Gasteiger partial charge on any atom is -0.505 e. The Labute approximate surface area is 845 Å². The van der Waals surface area contributed by atoms with Crippen LogP contribution < -0.4 is 53.0 Å². The summed E-state index contributed by atoms with van der Waals surface area (Å²) in [5.41, 5.74) is 8.84. The number of halogens is 3. The van der Waals surface area contributed by atoms with Crippen molar-refractivity contribution in [3.05, 3.63) is 383 Å². The molecule has 18 rings (SSSR count). The number of aromatic nitrogens is 8. The molecule has 9 amide bonds. The molecule has 0 saturated carbocycles. The zero-order valence-corrected chi connectivity index (χ0v) is 78.8. The number of anilines is 8. The second-order valence-electron chi connectivity index (χ2n) is 32.1. The molecule has 14 aromatic carbocycles. The number of phenolic OH excluding ortho intramolecular Hbond substituents is 3. The maximum Gasteiger partial charge on any atom is 0.418 e. The molecule has 0 spiro atoms. The number of aromatic hydroxyl groups is 3. The summed E-state index contributed by atoms with van der Waals surface area (Å²) in [4.78, 5) is 148. The zero-order chi connectivity index (χ0) is 106. The molecule has 0 atom stereocenters. The van der Waals surface area contributed by atoms with Crippen molar-refractivity contribution >= 4 is 178 Å². The van der Waals surface area contributed by atoms with Crippen molar-refractivity contribution in [2.45, 2.75) is 13.1 Å². The highest BCUT2D eigenvalue weighted by Gasteiger charge is 2.35. The Morgan fingerprint density at radius 3 is 1.11 bits per heavy atom. The molecule has 746 valence electrons. The molecule has 43 heteroatoms. The van der Waals surface area contributed by atoms with Gasteiger partial charge in [-0.15, -0.1) is 30.7 Å². The van der Waals surface area contributed by atoms with Gasteiger partial charge in [0.25, 0.3) is 47.3 Å². The number of amides is 9. The molecule has 0 aliphatic rings. The number of carbonyl (C=O) groups excluding carboxylic acids is 11. The van der Waals surface area contributed by atoms with Crippen molar-refractivity contribution in [1.82, 2.24) is 39.3 Å². The van der Waals surface area contributed by atoms with Crippen molar-refractivity contribution in [3.8, 4) is 40.3 Å². The second-order valence-corrected chi connectivity index (χ2v) is 32.1. The van der Waals surface area contributed by atoms with Gasteiger partial charge in [-0.3, -0.25) is 43.2 Å². The van der Waals surface area contributed by atoms with E-state index in [1.54, 1.807) is 188 Å². The van der Waals surface area contributed by atoms with Gasteiger partial charge in [0.05, 0.1) is 84.9 Å². The quantitative estimate of drug-likeness (QED) is 0.0118. The van der Waals surface area contributed by atoms with E-state index in [1.165, 1.54) is 109 Å². The number of fused-ring (bicyclic) bond motifs is 3. The number of aryl methyl sites for hydroxylation is 1. The number of nitrogens with zero attached hydrogens (tertiary/aromatic N) is 14. The van der Waals surface area contributed by atoms with E-state index in [1.807, 2.05) is 37.3 Å². The Morgan fingerprint density at radius 1 is 0.360 bits per heavy atom. The predicted molar refractivity (Wildman–Crippen MR) is 549 cm³/mol. The van der Waals surface area contributed by atoms with Crippen LogP contribution in [0.3, 0.4) is 0 Å². The Balaban J connectivity index is 0.000000161. The van der Waals surface area contributed by atoms with E-state index in [0.29, 0.717) is 91.2 Å². The summed E-state index contributed by atoms with van der Waals surface area (Å²) in [6.45, 7) is 1.95. The van der Waals surface area contributed by atoms with E-state index in [-0.39, 0.29) is 107 Å².